The van der Waals surface area contributed by atoms with Gasteiger partial charge in [0, 0.05) is 5.57 Å². The number of allylic oxidation sites excluding steroid dienone is 1. The summed E-state index contributed by atoms with van der Waals surface area (Å²) in [7, 11) is 0. The predicted molar refractivity (Wildman–Crippen MR) is 46.9 cm³/mol. The maximum atomic E-state index is 10.3. The maximum Gasteiger partial charge on any atom is 0.330 e. The van der Waals surface area contributed by atoms with Crippen molar-refractivity contribution in [2.45, 2.75) is 39.2 Å². The van der Waals surface area contributed by atoms with E-state index in [4.69, 9.17) is 10.2 Å². The number of carboxylic acid groups (broad SMARTS) is 1. The SMILES string of the molecule is CCC(O)CCC=C(C)C(=O)O. The Kier molecular flexibility index (Phi) is 5.37. The number of hydrogen-bond donors (Lipinski definition) is 2. The van der Waals surface area contributed by atoms with Crippen LogP contribution < -0.4 is 0 Å². The first-order valence-corrected chi connectivity index (χ1v) is 4.16. The summed E-state index contributed by atoms with van der Waals surface area (Å²) in [4.78, 5) is 10.3. The van der Waals surface area contributed by atoms with Crippen LogP contribution in [0.25, 0.3) is 0 Å². The fourth-order valence-electron chi connectivity index (χ4n) is 0.784. The van der Waals surface area contributed by atoms with Crippen molar-refractivity contribution < 1.29 is 15.0 Å². The van der Waals surface area contributed by atoms with Crippen LogP contribution in [-0.4, -0.2) is 22.3 Å². The number of aliphatic carboxylic acids is 1. The van der Waals surface area contributed by atoms with E-state index in [1.54, 1.807) is 13.0 Å². The van der Waals surface area contributed by atoms with E-state index in [0.717, 1.165) is 6.42 Å². The highest BCUT2D eigenvalue weighted by molar-refractivity contribution is 5.85. The number of carboxylic acids is 1. The second-order valence-electron chi connectivity index (χ2n) is 2.83. The number of aliphatic hydroxyl groups is 1. The van der Waals surface area contributed by atoms with Gasteiger partial charge in [-0.15, -0.1) is 0 Å². The molecular formula is C9H16O3. The average Bonchev–Trinajstić information content (AvgIpc) is 2.03. The smallest absolute Gasteiger partial charge is 0.330 e. The van der Waals surface area contributed by atoms with Gasteiger partial charge in [-0.25, -0.2) is 4.79 Å². The van der Waals surface area contributed by atoms with Gasteiger partial charge in [0.05, 0.1) is 6.10 Å². The zero-order valence-electron chi connectivity index (χ0n) is 7.58. The van der Waals surface area contributed by atoms with Crippen molar-refractivity contribution in [3.63, 3.8) is 0 Å². The zero-order valence-corrected chi connectivity index (χ0v) is 7.58. The first-order chi connectivity index (χ1) is 5.57. The van der Waals surface area contributed by atoms with Crippen LogP contribution in [0, 0.1) is 0 Å². The summed E-state index contributed by atoms with van der Waals surface area (Å²) < 4.78 is 0. The van der Waals surface area contributed by atoms with Gasteiger partial charge in [-0.05, 0) is 26.2 Å². The largest absolute Gasteiger partial charge is 0.478 e. The predicted octanol–water partition coefficient (Wildman–Crippen LogP) is 1.57. The van der Waals surface area contributed by atoms with Crippen molar-refractivity contribution in [3.8, 4) is 0 Å². The molecule has 0 aliphatic rings. The second-order valence-corrected chi connectivity index (χ2v) is 2.83. The van der Waals surface area contributed by atoms with Crippen LogP contribution in [0.3, 0.4) is 0 Å². The van der Waals surface area contributed by atoms with Gasteiger partial charge in [0.1, 0.15) is 0 Å². The fourth-order valence-corrected chi connectivity index (χ4v) is 0.784. The first-order valence-electron chi connectivity index (χ1n) is 4.16. The molecular weight excluding hydrogens is 156 g/mol. The topological polar surface area (TPSA) is 57.5 Å². The minimum atomic E-state index is -0.888. The Morgan fingerprint density at radius 3 is 2.58 bits per heavy atom. The van der Waals surface area contributed by atoms with Crippen LogP contribution >= 0.6 is 0 Å². The monoisotopic (exact) mass is 172 g/mol. The molecule has 1 atom stereocenters. The molecule has 0 radical (unpaired) electrons. The highest BCUT2D eigenvalue weighted by atomic mass is 16.4. The Morgan fingerprint density at radius 2 is 2.17 bits per heavy atom. The lowest BCUT2D eigenvalue weighted by molar-refractivity contribution is -0.132. The third-order valence-corrected chi connectivity index (χ3v) is 1.76. The molecule has 0 fully saturated rings. The van der Waals surface area contributed by atoms with Gasteiger partial charge in [-0.3, -0.25) is 0 Å². The molecule has 0 amide bonds. The summed E-state index contributed by atoms with van der Waals surface area (Å²) in [5, 5.41) is 17.6. The van der Waals surface area contributed by atoms with Gasteiger partial charge >= 0.3 is 5.97 Å². The van der Waals surface area contributed by atoms with Gasteiger partial charge in [0.15, 0.2) is 0 Å². The van der Waals surface area contributed by atoms with E-state index < -0.39 is 5.97 Å². The van der Waals surface area contributed by atoms with Crippen LogP contribution in [0.1, 0.15) is 33.1 Å². The molecule has 3 nitrogen and oxygen atoms in total. The van der Waals surface area contributed by atoms with Crippen LogP contribution in [0.15, 0.2) is 11.6 Å². The summed E-state index contributed by atoms with van der Waals surface area (Å²) in [5.74, 6) is -0.888. The van der Waals surface area contributed by atoms with Gasteiger partial charge < -0.3 is 10.2 Å². The van der Waals surface area contributed by atoms with Gasteiger partial charge in [0.25, 0.3) is 0 Å². The highest BCUT2D eigenvalue weighted by Gasteiger charge is 2.01. The van der Waals surface area contributed by atoms with E-state index in [1.165, 1.54) is 0 Å². The van der Waals surface area contributed by atoms with Crippen molar-refractivity contribution in [2.75, 3.05) is 0 Å². The summed E-state index contributed by atoms with van der Waals surface area (Å²) in [6, 6.07) is 0. The molecule has 0 bridgehead atoms. The molecule has 70 valence electrons. The van der Waals surface area contributed by atoms with Crippen molar-refractivity contribution in [3.05, 3.63) is 11.6 Å². The Bertz CT molecular complexity index is 173. The highest BCUT2D eigenvalue weighted by Crippen LogP contribution is 2.04. The zero-order chi connectivity index (χ0) is 9.56. The molecule has 0 aromatic heterocycles. The summed E-state index contributed by atoms with van der Waals surface area (Å²) >= 11 is 0. The molecule has 3 heteroatoms. The molecule has 2 N–H and O–H groups in total. The third-order valence-electron chi connectivity index (χ3n) is 1.76. The normalized spacial score (nSPS) is 14.4. The summed E-state index contributed by atoms with van der Waals surface area (Å²) in [5.41, 5.74) is 0.346. The lowest BCUT2D eigenvalue weighted by Crippen LogP contribution is -2.03. The quantitative estimate of drug-likeness (QED) is 0.619. The molecule has 12 heavy (non-hydrogen) atoms. The number of rotatable bonds is 5. The average molecular weight is 172 g/mol. The molecule has 0 spiro atoms. The Morgan fingerprint density at radius 1 is 1.58 bits per heavy atom. The molecule has 0 aromatic rings. The lowest BCUT2D eigenvalue weighted by atomic mass is 10.1. The fraction of sp³-hybridized carbons (Fsp3) is 0.667. The van der Waals surface area contributed by atoms with Crippen molar-refractivity contribution in [1.82, 2.24) is 0 Å². The van der Waals surface area contributed by atoms with E-state index >= 15 is 0 Å². The molecule has 0 saturated heterocycles. The van der Waals surface area contributed by atoms with Crippen molar-refractivity contribution >= 4 is 5.97 Å². The summed E-state index contributed by atoms with van der Waals surface area (Å²) in [6.45, 7) is 3.46. The molecule has 0 aliphatic carbocycles. The van der Waals surface area contributed by atoms with Crippen LogP contribution in [0.4, 0.5) is 0 Å². The van der Waals surface area contributed by atoms with Gasteiger partial charge in [-0.1, -0.05) is 13.0 Å². The minimum absolute atomic E-state index is 0.303. The number of hydrogen-bond acceptors (Lipinski definition) is 2. The molecule has 0 saturated carbocycles. The standard InChI is InChI=1S/C9H16O3/c1-3-8(10)6-4-5-7(2)9(11)12/h5,8,10H,3-4,6H2,1-2H3,(H,11,12). The van der Waals surface area contributed by atoms with E-state index in [0.29, 0.717) is 18.4 Å². The van der Waals surface area contributed by atoms with Crippen LogP contribution in [0.5, 0.6) is 0 Å². The van der Waals surface area contributed by atoms with E-state index in [1.807, 2.05) is 6.92 Å². The molecule has 0 rings (SSSR count). The van der Waals surface area contributed by atoms with E-state index in [2.05, 4.69) is 0 Å². The number of aliphatic hydroxyl groups excluding tert-OH is 1. The Labute approximate surface area is 72.7 Å². The van der Waals surface area contributed by atoms with Crippen LogP contribution in [0.2, 0.25) is 0 Å². The van der Waals surface area contributed by atoms with Crippen molar-refractivity contribution in [1.29, 1.82) is 0 Å². The maximum absolute atomic E-state index is 10.3. The van der Waals surface area contributed by atoms with Crippen LogP contribution in [-0.2, 0) is 4.79 Å². The first kappa shape index (κ1) is 11.2. The van der Waals surface area contributed by atoms with Gasteiger partial charge in [0.2, 0.25) is 0 Å². The third kappa shape index (κ3) is 4.91. The molecule has 0 heterocycles. The molecule has 1 unspecified atom stereocenters. The van der Waals surface area contributed by atoms with Crippen molar-refractivity contribution in [2.24, 2.45) is 0 Å². The molecule has 0 aromatic carbocycles. The Hall–Kier alpha value is -0.830. The number of carbonyl (C=O) groups is 1. The summed E-state index contributed by atoms with van der Waals surface area (Å²) in [6.07, 6.45) is 3.33. The molecule has 0 aliphatic heterocycles. The lowest BCUT2D eigenvalue weighted by Gasteiger charge is -2.03. The van der Waals surface area contributed by atoms with E-state index in [9.17, 15) is 4.79 Å². The van der Waals surface area contributed by atoms with Gasteiger partial charge in [-0.2, -0.15) is 0 Å². The minimum Gasteiger partial charge on any atom is -0.478 e. The van der Waals surface area contributed by atoms with E-state index in [-0.39, 0.29) is 6.10 Å². The second kappa shape index (κ2) is 5.77. The Balaban J connectivity index is 3.67.